The van der Waals surface area contributed by atoms with Crippen LogP contribution < -0.4 is 10.2 Å². The number of ether oxygens (including phenoxy) is 1. The molecule has 6 heteroatoms. The van der Waals surface area contributed by atoms with E-state index >= 15 is 0 Å². The Morgan fingerprint density at radius 2 is 1.82 bits per heavy atom. The Labute approximate surface area is 164 Å². The maximum Gasteiger partial charge on any atom is 0.340 e. The zero-order valence-corrected chi connectivity index (χ0v) is 16.1. The number of amides is 2. The summed E-state index contributed by atoms with van der Waals surface area (Å²) in [4.78, 5) is 38.9. The Kier molecular flexibility index (Phi) is 6.09. The van der Waals surface area contributed by atoms with Crippen molar-refractivity contribution in [2.75, 3.05) is 23.4 Å². The van der Waals surface area contributed by atoms with E-state index in [1.807, 2.05) is 24.3 Å². The van der Waals surface area contributed by atoms with Gasteiger partial charge in [-0.3, -0.25) is 9.59 Å². The molecule has 0 bridgehead atoms. The minimum atomic E-state index is -0.487. The topological polar surface area (TPSA) is 75.7 Å². The highest BCUT2D eigenvalue weighted by Crippen LogP contribution is 2.27. The van der Waals surface area contributed by atoms with Crippen molar-refractivity contribution in [2.45, 2.75) is 26.7 Å². The smallest absolute Gasteiger partial charge is 0.340 e. The third-order valence-corrected chi connectivity index (χ3v) is 4.83. The van der Waals surface area contributed by atoms with Crippen LogP contribution in [0.25, 0.3) is 0 Å². The zero-order chi connectivity index (χ0) is 20.1. The van der Waals surface area contributed by atoms with Gasteiger partial charge < -0.3 is 15.0 Å². The van der Waals surface area contributed by atoms with Gasteiger partial charge in [-0.1, -0.05) is 31.2 Å². The summed E-state index contributed by atoms with van der Waals surface area (Å²) in [6, 6.07) is 14.5. The molecule has 0 aliphatic carbocycles. The molecule has 0 saturated carbocycles. The predicted molar refractivity (Wildman–Crippen MR) is 107 cm³/mol. The third-order valence-electron chi connectivity index (χ3n) is 4.83. The van der Waals surface area contributed by atoms with Gasteiger partial charge in [0.2, 0.25) is 11.8 Å². The van der Waals surface area contributed by atoms with E-state index in [2.05, 4.69) is 12.2 Å². The maximum atomic E-state index is 12.7. The second-order valence-corrected chi connectivity index (χ2v) is 6.68. The van der Waals surface area contributed by atoms with Crippen molar-refractivity contribution in [3.63, 3.8) is 0 Å². The van der Waals surface area contributed by atoms with Crippen LogP contribution in [0.3, 0.4) is 0 Å². The summed E-state index contributed by atoms with van der Waals surface area (Å²) in [7, 11) is 0. The fourth-order valence-corrected chi connectivity index (χ4v) is 3.26. The lowest BCUT2D eigenvalue weighted by molar-refractivity contribution is -0.122. The van der Waals surface area contributed by atoms with Crippen LogP contribution in [-0.2, 0) is 20.7 Å². The van der Waals surface area contributed by atoms with Crippen LogP contribution >= 0.6 is 0 Å². The van der Waals surface area contributed by atoms with E-state index in [-0.39, 0.29) is 24.8 Å². The third kappa shape index (κ3) is 4.22. The van der Waals surface area contributed by atoms with Crippen molar-refractivity contribution in [3.05, 3.63) is 59.7 Å². The predicted octanol–water partition coefficient (Wildman–Crippen LogP) is 3.42. The lowest BCUT2D eigenvalue weighted by Crippen LogP contribution is -2.28. The molecule has 6 nitrogen and oxygen atoms in total. The molecule has 0 spiro atoms. The summed E-state index contributed by atoms with van der Waals surface area (Å²) in [6.07, 6.45) is 1.07. The Bertz CT molecular complexity index is 876. The molecule has 146 valence electrons. The van der Waals surface area contributed by atoms with E-state index in [4.69, 9.17) is 4.74 Å². The van der Waals surface area contributed by atoms with Gasteiger partial charge in [-0.25, -0.2) is 4.79 Å². The highest BCUT2D eigenvalue weighted by atomic mass is 16.5. The molecule has 0 aromatic heterocycles. The number of rotatable bonds is 6. The van der Waals surface area contributed by atoms with Crippen molar-refractivity contribution in [3.8, 4) is 0 Å². The summed E-state index contributed by atoms with van der Waals surface area (Å²) in [6.45, 7) is 4.37. The van der Waals surface area contributed by atoms with Crippen molar-refractivity contribution in [1.82, 2.24) is 0 Å². The molecule has 0 radical (unpaired) electrons. The van der Waals surface area contributed by atoms with Gasteiger partial charge in [0.25, 0.3) is 0 Å². The zero-order valence-electron chi connectivity index (χ0n) is 16.1. The number of hydrogen-bond acceptors (Lipinski definition) is 4. The first kappa shape index (κ1) is 19.6. The monoisotopic (exact) mass is 380 g/mol. The number of nitrogens with one attached hydrogen (secondary N) is 1. The first-order valence-corrected chi connectivity index (χ1v) is 9.49. The number of carbonyl (C=O) groups excluding carboxylic acids is 3. The van der Waals surface area contributed by atoms with Crippen LogP contribution in [0.5, 0.6) is 0 Å². The van der Waals surface area contributed by atoms with Crippen LogP contribution in [0, 0.1) is 5.92 Å². The molecule has 1 unspecified atom stereocenters. The minimum absolute atomic E-state index is 0.0805. The molecule has 1 heterocycles. The molecule has 1 aliphatic heterocycles. The lowest BCUT2D eigenvalue weighted by Gasteiger charge is -2.17. The summed E-state index contributed by atoms with van der Waals surface area (Å²) in [5.41, 5.74) is 2.68. The number of nitrogens with zero attached hydrogens (tertiary/aromatic N) is 1. The summed E-state index contributed by atoms with van der Waals surface area (Å²) in [5, 5.41) is 2.78. The number of esters is 1. The molecule has 2 amide bonds. The minimum Gasteiger partial charge on any atom is -0.462 e. The summed E-state index contributed by atoms with van der Waals surface area (Å²) < 4.78 is 5.03. The fourth-order valence-electron chi connectivity index (χ4n) is 3.26. The number of para-hydroxylation sites is 1. The van der Waals surface area contributed by atoms with Crippen LogP contribution in [0.2, 0.25) is 0 Å². The second kappa shape index (κ2) is 8.69. The number of carbonyl (C=O) groups is 3. The largest absolute Gasteiger partial charge is 0.462 e. The Morgan fingerprint density at radius 3 is 2.50 bits per heavy atom. The van der Waals surface area contributed by atoms with Crippen LogP contribution in [0.4, 0.5) is 11.4 Å². The van der Waals surface area contributed by atoms with Crippen molar-refractivity contribution >= 4 is 29.2 Å². The first-order valence-electron chi connectivity index (χ1n) is 9.49. The van der Waals surface area contributed by atoms with Crippen molar-refractivity contribution < 1.29 is 19.1 Å². The molecular weight excluding hydrogens is 356 g/mol. The maximum absolute atomic E-state index is 12.7. The highest BCUT2D eigenvalue weighted by Gasteiger charge is 2.35. The quantitative estimate of drug-likeness (QED) is 0.779. The van der Waals surface area contributed by atoms with Crippen LogP contribution in [-0.4, -0.2) is 30.9 Å². The number of hydrogen-bond donors (Lipinski definition) is 1. The number of aryl methyl sites for hydroxylation is 1. The van der Waals surface area contributed by atoms with Crippen LogP contribution in [0.15, 0.2) is 48.5 Å². The average Bonchev–Trinajstić information content (AvgIpc) is 3.10. The van der Waals surface area contributed by atoms with E-state index in [9.17, 15) is 14.4 Å². The second-order valence-electron chi connectivity index (χ2n) is 6.68. The average molecular weight is 380 g/mol. The SMILES string of the molecule is CCOC(=O)c1ccccc1NC(=O)C1CC(=O)N(c2ccc(CC)cc2)C1. The summed E-state index contributed by atoms with van der Waals surface area (Å²) >= 11 is 0. The molecule has 1 fully saturated rings. The van der Waals surface area contributed by atoms with E-state index in [1.165, 1.54) is 5.56 Å². The van der Waals surface area contributed by atoms with Gasteiger partial charge in [-0.15, -0.1) is 0 Å². The Hall–Kier alpha value is -3.15. The molecule has 3 rings (SSSR count). The highest BCUT2D eigenvalue weighted by molar-refractivity contribution is 6.06. The van der Waals surface area contributed by atoms with E-state index in [1.54, 1.807) is 36.1 Å². The van der Waals surface area contributed by atoms with Gasteiger partial charge in [-0.05, 0) is 43.2 Å². The van der Waals surface area contributed by atoms with Gasteiger partial charge in [-0.2, -0.15) is 0 Å². The van der Waals surface area contributed by atoms with Gasteiger partial charge in [0.1, 0.15) is 0 Å². The van der Waals surface area contributed by atoms with Gasteiger partial charge in [0.15, 0.2) is 0 Å². The lowest BCUT2D eigenvalue weighted by atomic mass is 10.1. The molecule has 1 N–H and O–H groups in total. The van der Waals surface area contributed by atoms with E-state index in [0.717, 1.165) is 12.1 Å². The molecule has 28 heavy (non-hydrogen) atoms. The van der Waals surface area contributed by atoms with Gasteiger partial charge in [0.05, 0.1) is 23.8 Å². The Balaban J connectivity index is 1.71. The standard InChI is InChI=1S/C22H24N2O4/c1-3-15-9-11-17(12-10-15)24-14-16(13-20(24)25)21(26)23-19-8-6-5-7-18(19)22(27)28-4-2/h5-12,16H,3-4,13-14H2,1-2H3,(H,23,26). The summed E-state index contributed by atoms with van der Waals surface area (Å²) in [5.74, 6) is -1.33. The Morgan fingerprint density at radius 1 is 1.11 bits per heavy atom. The van der Waals surface area contributed by atoms with Gasteiger partial charge >= 0.3 is 5.97 Å². The molecular formula is C22H24N2O4. The number of anilines is 2. The van der Waals surface area contributed by atoms with Gasteiger partial charge in [0, 0.05) is 18.7 Å². The molecule has 1 atom stereocenters. The first-order chi connectivity index (χ1) is 13.5. The number of benzene rings is 2. The van der Waals surface area contributed by atoms with Crippen molar-refractivity contribution in [1.29, 1.82) is 0 Å². The molecule has 1 aliphatic rings. The normalized spacial score (nSPS) is 16.1. The fraction of sp³-hybridized carbons (Fsp3) is 0.318. The van der Waals surface area contributed by atoms with Crippen molar-refractivity contribution in [2.24, 2.45) is 5.92 Å². The molecule has 2 aromatic carbocycles. The molecule has 2 aromatic rings. The molecule has 1 saturated heterocycles. The van der Waals surface area contributed by atoms with E-state index in [0.29, 0.717) is 17.8 Å². The van der Waals surface area contributed by atoms with E-state index < -0.39 is 11.9 Å². The van der Waals surface area contributed by atoms with Crippen LogP contribution in [0.1, 0.15) is 36.2 Å².